The maximum absolute atomic E-state index is 11.2. The summed E-state index contributed by atoms with van der Waals surface area (Å²) >= 11 is 6.52. The topological polar surface area (TPSA) is 20.3 Å². The second-order valence-electron chi connectivity index (χ2n) is 2.22. The first-order chi connectivity index (χ1) is 4.66. The van der Waals surface area contributed by atoms with Gasteiger partial charge in [0, 0.05) is 13.5 Å². The number of thiocarbonyl (C=S) groups is 1. The molecule has 0 spiro atoms. The molecular formula is C6H9NOS2. The molecule has 1 saturated heterocycles. The van der Waals surface area contributed by atoms with Gasteiger partial charge in [0.15, 0.2) is 0 Å². The molecule has 1 fully saturated rings. The Kier molecular flexibility index (Phi) is 2.31. The lowest BCUT2D eigenvalue weighted by atomic mass is 10.4. The quantitative estimate of drug-likeness (QED) is 0.552. The molecule has 4 heteroatoms. The van der Waals surface area contributed by atoms with Crippen molar-refractivity contribution >= 4 is 34.9 Å². The number of carbonyl (C=O) groups is 1. The van der Waals surface area contributed by atoms with Crippen LogP contribution in [0.2, 0.25) is 0 Å². The van der Waals surface area contributed by atoms with Crippen LogP contribution in [0.3, 0.4) is 0 Å². The number of hydrogen-bond donors (Lipinski definition) is 0. The molecule has 1 amide bonds. The minimum Gasteiger partial charge on any atom is -0.309 e. The van der Waals surface area contributed by atoms with E-state index in [9.17, 15) is 4.79 Å². The number of likely N-dealkylation sites (tertiary alicyclic amines) is 1. The summed E-state index contributed by atoms with van der Waals surface area (Å²) in [6, 6.07) is 0. The van der Waals surface area contributed by atoms with E-state index in [1.54, 1.807) is 23.7 Å². The Balaban J connectivity index is 2.71. The number of nitrogens with zero attached hydrogens (tertiary/aromatic N) is 1. The number of hydrogen-bond acceptors (Lipinski definition) is 3. The van der Waals surface area contributed by atoms with Gasteiger partial charge in [0.05, 0.1) is 10.2 Å². The van der Waals surface area contributed by atoms with Gasteiger partial charge in [-0.1, -0.05) is 12.2 Å². The number of carbonyl (C=O) groups excluding carboxylic acids is 1. The Labute approximate surface area is 70.0 Å². The van der Waals surface area contributed by atoms with E-state index < -0.39 is 0 Å². The van der Waals surface area contributed by atoms with E-state index in [1.165, 1.54) is 0 Å². The monoisotopic (exact) mass is 175 g/mol. The summed E-state index contributed by atoms with van der Waals surface area (Å²) in [7, 11) is 1.74. The van der Waals surface area contributed by atoms with Crippen LogP contribution in [-0.2, 0) is 4.79 Å². The summed E-state index contributed by atoms with van der Waals surface area (Å²) in [5.41, 5.74) is 0. The summed E-state index contributed by atoms with van der Waals surface area (Å²) in [6.07, 6.45) is 2.68. The van der Waals surface area contributed by atoms with Gasteiger partial charge in [0.25, 0.3) is 0 Å². The Morgan fingerprint density at radius 2 is 2.40 bits per heavy atom. The van der Waals surface area contributed by atoms with E-state index in [-0.39, 0.29) is 11.2 Å². The molecule has 1 rings (SSSR count). The summed E-state index contributed by atoms with van der Waals surface area (Å²) in [4.78, 5) is 13.5. The van der Waals surface area contributed by atoms with Crippen molar-refractivity contribution in [2.24, 2.45) is 0 Å². The van der Waals surface area contributed by atoms with Gasteiger partial charge >= 0.3 is 0 Å². The molecule has 10 heavy (non-hydrogen) atoms. The van der Waals surface area contributed by atoms with Gasteiger partial charge in [0.2, 0.25) is 5.91 Å². The van der Waals surface area contributed by atoms with Crippen molar-refractivity contribution in [3.63, 3.8) is 0 Å². The maximum Gasteiger partial charge on any atom is 0.240 e. The fourth-order valence-corrected chi connectivity index (χ4v) is 1.95. The van der Waals surface area contributed by atoms with Crippen LogP contribution >= 0.6 is 24.0 Å². The van der Waals surface area contributed by atoms with Crippen molar-refractivity contribution in [2.45, 2.75) is 11.7 Å². The third-order valence-electron chi connectivity index (χ3n) is 1.62. The van der Waals surface area contributed by atoms with Crippen LogP contribution in [0.4, 0.5) is 0 Å². The Morgan fingerprint density at radius 3 is 2.60 bits per heavy atom. The highest BCUT2D eigenvalue weighted by atomic mass is 32.2. The van der Waals surface area contributed by atoms with E-state index in [4.69, 9.17) is 12.2 Å². The van der Waals surface area contributed by atoms with Gasteiger partial charge in [-0.2, -0.15) is 11.8 Å². The first-order valence-corrected chi connectivity index (χ1v) is 4.69. The van der Waals surface area contributed by atoms with Crippen LogP contribution in [0.1, 0.15) is 6.42 Å². The maximum atomic E-state index is 11.2. The van der Waals surface area contributed by atoms with Gasteiger partial charge in [-0.15, -0.1) is 0 Å². The molecule has 0 aromatic carbocycles. The zero-order chi connectivity index (χ0) is 7.72. The van der Waals surface area contributed by atoms with Crippen LogP contribution in [0, 0.1) is 0 Å². The third-order valence-corrected chi connectivity index (χ3v) is 3.00. The van der Waals surface area contributed by atoms with Gasteiger partial charge in [-0.3, -0.25) is 4.79 Å². The Morgan fingerprint density at radius 1 is 1.80 bits per heavy atom. The lowest BCUT2D eigenvalue weighted by Crippen LogP contribution is -2.25. The standard InChI is InChI=1S/C6H9NOS2/c1-7-5(9)3-4(10-2)6(7)8/h4H,3H2,1-2H3. The molecule has 1 unspecified atom stereocenters. The van der Waals surface area contributed by atoms with E-state index in [0.717, 1.165) is 11.4 Å². The van der Waals surface area contributed by atoms with Crippen LogP contribution < -0.4 is 0 Å². The fraction of sp³-hybridized carbons (Fsp3) is 0.667. The molecule has 1 aliphatic heterocycles. The first kappa shape index (κ1) is 8.01. The lowest BCUT2D eigenvalue weighted by molar-refractivity contribution is -0.124. The Bertz CT molecular complexity index is 181. The van der Waals surface area contributed by atoms with Crippen molar-refractivity contribution in [1.29, 1.82) is 0 Å². The van der Waals surface area contributed by atoms with E-state index in [2.05, 4.69) is 0 Å². The third kappa shape index (κ3) is 1.18. The molecule has 0 saturated carbocycles. The van der Waals surface area contributed by atoms with Gasteiger partial charge in [-0.25, -0.2) is 0 Å². The predicted molar refractivity (Wildman–Crippen MR) is 47.3 cm³/mol. The number of rotatable bonds is 1. The van der Waals surface area contributed by atoms with E-state index in [0.29, 0.717) is 0 Å². The molecule has 2 nitrogen and oxygen atoms in total. The minimum absolute atomic E-state index is 0.0810. The van der Waals surface area contributed by atoms with Crippen LogP contribution in [0.5, 0.6) is 0 Å². The zero-order valence-electron chi connectivity index (χ0n) is 5.96. The Hall–Kier alpha value is -0.0900. The van der Waals surface area contributed by atoms with Gasteiger partial charge in [0.1, 0.15) is 0 Å². The van der Waals surface area contributed by atoms with Crippen LogP contribution in [-0.4, -0.2) is 34.3 Å². The molecular weight excluding hydrogens is 166 g/mol. The molecule has 0 radical (unpaired) electrons. The average Bonchev–Trinajstić information content (AvgIpc) is 2.17. The highest BCUT2D eigenvalue weighted by Crippen LogP contribution is 2.22. The molecule has 1 atom stereocenters. The number of thioether (sulfide) groups is 1. The number of amides is 1. The SMILES string of the molecule is CSC1CC(=S)N(C)C1=O. The zero-order valence-corrected chi connectivity index (χ0v) is 7.59. The second-order valence-corrected chi connectivity index (χ2v) is 3.73. The van der Waals surface area contributed by atoms with Crippen molar-refractivity contribution in [3.8, 4) is 0 Å². The average molecular weight is 175 g/mol. The normalized spacial score (nSPS) is 26.2. The van der Waals surface area contributed by atoms with Crippen LogP contribution in [0.15, 0.2) is 0 Å². The van der Waals surface area contributed by atoms with Crippen LogP contribution in [0.25, 0.3) is 0 Å². The summed E-state index contributed by atoms with van der Waals surface area (Å²) < 4.78 is 0. The molecule has 1 heterocycles. The van der Waals surface area contributed by atoms with E-state index >= 15 is 0 Å². The van der Waals surface area contributed by atoms with E-state index in [1.807, 2.05) is 6.26 Å². The minimum atomic E-state index is 0.0810. The highest BCUT2D eigenvalue weighted by Gasteiger charge is 2.32. The molecule has 56 valence electrons. The molecule has 0 bridgehead atoms. The molecule has 1 aliphatic rings. The summed E-state index contributed by atoms with van der Waals surface area (Å²) in [6.45, 7) is 0. The van der Waals surface area contributed by atoms with Gasteiger partial charge < -0.3 is 4.90 Å². The van der Waals surface area contributed by atoms with Crippen molar-refractivity contribution < 1.29 is 4.79 Å². The second kappa shape index (κ2) is 2.88. The predicted octanol–water partition coefficient (Wildman–Crippen LogP) is 0.908. The van der Waals surface area contributed by atoms with Crippen molar-refractivity contribution in [1.82, 2.24) is 4.90 Å². The molecule has 0 aromatic heterocycles. The van der Waals surface area contributed by atoms with Crippen molar-refractivity contribution in [3.05, 3.63) is 0 Å². The summed E-state index contributed by atoms with van der Waals surface area (Å²) in [5.74, 6) is 0.150. The molecule has 0 aliphatic carbocycles. The molecule has 0 N–H and O–H groups in total. The highest BCUT2D eigenvalue weighted by molar-refractivity contribution is 8.00. The fourth-order valence-electron chi connectivity index (χ4n) is 0.906. The lowest BCUT2D eigenvalue weighted by Gasteiger charge is -2.06. The van der Waals surface area contributed by atoms with Crippen molar-refractivity contribution in [2.75, 3.05) is 13.3 Å². The smallest absolute Gasteiger partial charge is 0.240 e. The largest absolute Gasteiger partial charge is 0.309 e. The van der Waals surface area contributed by atoms with Gasteiger partial charge in [-0.05, 0) is 6.26 Å². The summed E-state index contributed by atoms with van der Waals surface area (Å²) in [5, 5.41) is 0.0810. The molecule has 0 aromatic rings. The first-order valence-electron chi connectivity index (χ1n) is 3.00.